The highest BCUT2D eigenvalue weighted by Crippen LogP contribution is 2.26. The normalized spacial score (nSPS) is 14.1. The number of aliphatic carboxylic acids is 1. The number of carboxylic acids is 1. The lowest BCUT2D eigenvalue weighted by molar-refractivity contribution is -0.138. The number of anilines is 1. The summed E-state index contributed by atoms with van der Waals surface area (Å²) < 4.78 is 5.08. The van der Waals surface area contributed by atoms with Crippen LogP contribution in [0.25, 0.3) is 0 Å². The quantitative estimate of drug-likeness (QED) is 0.783. The van der Waals surface area contributed by atoms with Crippen LogP contribution in [-0.4, -0.2) is 48.1 Å². The molecule has 1 fully saturated rings. The molecular formula is C14H18N2O4. The van der Waals surface area contributed by atoms with Gasteiger partial charge in [-0.2, -0.15) is 0 Å². The van der Waals surface area contributed by atoms with Crippen molar-refractivity contribution in [2.75, 3.05) is 25.5 Å². The maximum atomic E-state index is 11.9. The molecule has 6 nitrogen and oxygen atoms in total. The van der Waals surface area contributed by atoms with Crippen molar-refractivity contribution in [1.82, 2.24) is 4.90 Å². The van der Waals surface area contributed by atoms with Gasteiger partial charge >= 0.3 is 5.97 Å². The van der Waals surface area contributed by atoms with Crippen molar-refractivity contribution in [3.05, 3.63) is 24.3 Å². The molecule has 0 spiro atoms. The molecular weight excluding hydrogens is 260 g/mol. The van der Waals surface area contributed by atoms with Gasteiger partial charge in [0.05, 0.1) is 20.2 Å². The smallest absolute Gasteiger partial charge is 0.317 e. The maximum Gasteiger partial charge on any atom is 0.317 e. The predicted octanol–water partition coefficient (Wildman–Crippen LogP) is 1.18. The Balaban J connectivity index is 1.91. The molecule has 1 aliphatic carbocycles. The van der Waals surface area contributed by atoms with Crippen molar-refractivity contribution >= 4 is 17.6 Å². The molecule has 1 aromatic rings. The highest BCUT2D eigenvalue weighted by atomic mass is 16.5. The summed E-state index contributed by atoms with van der Waals surface area (Å²) in [5.41, 5.74) is 0.639. The van der Waals surface area contributed by atoms with E-state index in [0.717, 1.165) is 12.8 Å². The molecule has 0 unspecified atom stereocenters. The Kier molecular flexibility index (Phi) is 4.57. The highest BCUT2D eigenvalue weighted by molar-refractivity contribution is 5.92. The van der Waals surface area contributed by atoms with Gasteiger partial charge in [-0.1, -0.05) is 6.07 Å². The first-order valence-corrected chi connectivity index (χ1v) is 6.48. The third kappa shape index (κ3) is 4.24. The zero-order valence-electron chi connectivity index (χ0n) is 11.3. The summed E-state index contributed by atoms with van der Waals surface area (Å²) in [6, 6.07) is 7.28. The summed E-state index contributed by atoms with van der Waals surface area (Å²) in [6.45, 7) is -0.00955. The number of ether oxygens (including phenoxy) is 1. The largest absolute Gasteiger partial charge is 0.497 e. The number of hydrogen-bond acceptors (Lipinski definition) is 4. The van der Waals surface area contributed by atoms with Crippen LogP contribution in [0.15, 0.2) is 24.3 Å². The molecule has 0 aliphatic heterocycles. The Morgan fingerprint density at radius 2 is 2.15 bits per heavy atom. The SMILES string of the molecule is COc1cccc(NC(=O)CN(CC(=O)O)C2CC2)c1. The van der Waals surface area contributed by atoms with Gasteiger partial charge in [0, 0.05) is 17.8 Å². The predicted molar refractivity (Wildman–Crippen MR) is 73.9 cm³/mol. The molecule has 20 heavy (non-hydrogen) atoms. The number of rotatable bonds is 7. The van der Waals surface area contributed by atoms with Gasteiger partial charge in [0.1, 0.15) is 5.75 Å². The van der Waals surface area contributed by atoms with Gasteiger partial charge in [-0.25, -0.2) is 0 Å². The van der Waals surface area contributed by atoms with Crippen LogP contribution in [0, 0.1) is 0 Å². The van der Waals surface area contributed by atoms with E-state index in [4.69, 9.17) is 9.84 Å². The van der Waals surface area contributed by atoms with Crippen LogP contribution < -0.4 is 10.1 Å². The molecule has 1 aromatic carbocycles. The Hall–Kier alpha value is -2.08. The van der Waals surface area contributed by atoms with E-state index in [9.17, 15) is 9.59 Å². The number of amides is 1. The van der Waals surface area contributed by atoms with Crippen molar-refractivity contribution in [3.8, 4) is 5.75 Å². The fourth-order valence-electron chi connectivity index (χ4n) is 2.01. The lowest BCUT2D eigenvalue weighted by Gasteiger charge is -2.19. The van der Waals surface area contributed by atoms with E-state index in [1.807, 2.05) is 0 Å². The number of hydrogen-bond donors (Lipinski definition) is 2. The fourth-order valence-corrected chi connectivity index (χ4v) is 2.01. The van der Waals surface area contributed by atoms with E-state index in [2.05, 4.69) is 5.32 Å². The molecule has 0 atom stereocenters. The molecule has 0 aromatic heterocycles. The van der Waals surface area contributed by atoms with Crippen LogP contribution in [0.4, 0.5) is 5.69 Å². The number of carbonyl (C=O) groups excluding carboxylic acids is 1. The Morgan fingerprint density at radius 3 is 2.75 bits per heavy atom. The van der Waals surface area contributed by atoms with Crippen LogP contribution in [0.3, 0.4) is 0 Å². The van der Waals surface area contributed by atoms with Crippen molar-refractivity contribution in [3.63, 3.8) is 0 Å². The second-order valence-corrected chi connectivity index (χ2v) is 4.81. The Labute approximate surface area is 117 Å². The van der Waals surface area contributed by atoms with Gasteiger partial charge in [0.25, 0.3) is 0 Å². The third-order valence-electron chi connectivity index (χ3n) is 3.10. The van der Waals surface area contributed by atoms with E-state index in [-0.39, 0.29) is 25.0 Å². The van der Waals surface area contributed by atoms with Crippen molar-refractivity contribution in [2.24, 2.45) is 0 Å². The van der Waals surface area contributed by atoms with Gasteiger partial charge in [0.15, 0.2) is 0 Å². The van der Waals surface area contributed by atoms with Crippen LogP contribution in [0.5, 0.6) is 5.75 Å². The number of nitrogens with zero attached hydrogens (tertiary/aromatic N) is 1. The molecule has 0 radical (unpaired) electrons. The van der Waals surface area contributed by atoms with Crippen LogP contribution >= 0.6 is 0 Å². The number of nitrogens with one attached hydrogen (secondary N) is 1. The van der Waals surface area contributed by atoms with Crippen LogP contribution in [-0.2, 0) is 9.59 Å². The molecule has 0 heterocycles. The average Bonchev–Trinajstić information content (AvgIpc) is 3.21. The summed E-state index contributed by atoms with van der Waals surface area (Å²) in [5, 5.41) is 11.6. The molecule has 1 amide bonds. The molecule has 1 aliphatic rings. The standard InChI is InChI=1S/C14H18N2O4/c1-20-12-4-2-3-10(7-12)15-13(17)8-16(9-14(18)19)11-5-6-11/h2-4,7,11H,5-6,8-9H2,1H3,(H,15,17)(H,18,19). The number of carbonyl (C=O) groups is 2. The molecule has 108 valence electrons. The van der Waals surface area contributed by atoms with E-state index in [0.29, 0.717) is 11.4 Å². The molecule has 0 saturated heterocycles. The van der Waals surface area contributed by atoms with E-state index in [1.54, 1.807) is 36.3 Å². The van der Waals surface area contributed by atoms with Crippen molar-refractivity contribution < 1.29 is 19.4 Å². The lowest BCUT2D eigenvalue weighted by Crippen LogP contribution is -2.38. The minimum atomic E-state index is -0.911. The lowest BCUT2D eigenvalue weighted by atomic mass is 10.3. The average molecular weight is 278 g/mol. The highest BCUT2D eigenvalue weighted by Gasteiger charge is 2.31. The van der Waals surface area contributed by atoms with Gasteiger partial charge in [-0.3, -0.25) is 14.5 Å². The van der Waals surface area contributed by atoms with Crippen LogP contribution in [0.1, 0.15) is 12.8 Å². The number of benzene rings is 1. The van der Waals surface area contributed by atoms with Gasteiger partial charge in [-0.15, -0.1) is 0 Å². The maximum absolute atomic E-state index is 11.9. The van der Waals surface area contributed by atoms with Gasteiger partial charge < -0.3 is 15.2 Å². The summed E-state index contributed by atoms with van der Waals surface area (Å²) in [7, 11) is 1.56. The van der Waals surface area contributed by atoms with Gasteiger partial charge in [-0.05, 0) is 25.0 Å². The molecule has 1 saturated carbocycles. The number of methoxy groups -OCH3 is 1. The first-order chi connectivity index (χ1) is 9.58. The summed E-state index contributed by atoms with van der Waals surface area (Å²) in [5.74, 6) is -0.468. The minimum absolute atomic E-state index is 0.0914. The first kappa shape index (κ1) is 14.3. The first-order valence-electron chi connectivity index (χ1n) is 6.48. The van der Waals surface area contributed by atoms with Crippen molar-refractivity contribution in [1.29, 1.82) is 0 Å². The topological polar surface area (TPSA) is 78.9 Å². The van der Waals surface area contributed by atoms with E-state index >= 15 is 0 Å². The monoisotopic (exact) mass is 278 g/mol. The summed E-state index contributed by atoms with van der Waals surface area (Å²) >= 11 is 0. The number of carboxylic acid groups (broad SMARTS) is 1. The van der Waals surface area contributed by atoms with E-state index < -0.39 is 5.97 Å². The third-order valence-corrected chi connectivity index (χ3v) is 3.10. The molecule has 0 bridgehead atoms. The zero-order chi connectivity index (χ0) is 14.5. The zero-order valence-corrected chi connectivity index (χ0v) is 11.3. The second-order valence-electron chi connectivity index (χ2n) is 4.81. The Morgan fingerprint density at radius 1 is 1.40 bits per heavy atom. The van der Waals surface area contributed by atoms with Crippen molar-refractivity contribution in [2.45, 2.75) is 18.9 Å². The van der Waals surface area contributed by atoms with Gasteiger partial charge in [0.2, 0.25) is 5.91 Å². The fraction of sp³-hybridized carbons (Fsp3) is 0.429. The summed E-state index contributed by atoms with van der Waals surface area (Å²) in [4.78, 5) is 24.4. The molecule has 6 heteroatoms. The second kappa shape index (κ2) is 6.38. The van der Waals surface area contributed by atoms with Crippen LogP contribution in [0.2, 0.25) is 0 Å². The minimum Gasteiger partial charge on any atom is -0.497 e. The molecule has 2 rings (SSSR count). The summed E-state index contributed by atoms with van der Waals surface area (Å²) in [6.07, 6.45) is 1.92. The van der Waals surface area contributed by atoms with E-state index in [1.165, 1.54) is 0 Å². The molecule has 2 N–H and O–H groups in total. The Bertz CT molecular complexity index is 500.